The van der Waals surface area contributed by atoms with Gasteiger partial charge in [0.2, 0.25) is 0 Å². The maximum atomic E-state index is 11.6. The topological polar surface area (TPSA) is 87.7 Å². The summed E-state index contributed by atoms with van der Waals surface area (Å²) in [4.78, 5) is 22.4. The van der Waals surface area contributed by atoms with Crippen molar-refractivity contribution in [3.05, 3.63) is 12.2 Å². The van der Waals surface area contributed by atoms with Crippen LogP contribution in [0.4, 0.5) is 4.79 Å². The third kappa shape index (κ3) is 6.06. The van der Waals surface area contributed by atoms with E-state index in [0.717, 1.165) is 24.8 Å². The van der Waals surface area contributed by atoms with Crippen LogP contribution >= 0.6 is 0 Å². The zero-order chi connectivity index (χ0) is 15.0. The number of hydrogen-bond acceptors (Lipinski definition) is 3. The molecule has 0 aliphatic heterocycles. The Morgan fingerprint density at radius 3 is 2.55 bits per heavy atom. The summed E-state index contributed by atoms with van der Waals surface area (Å²) < 4.78 is 5.26. The Bertz CT molecular complexity index is 364. The van der Waals surface area contributed by atoms with E-state index in [9.17, 15) is 9.59 Å². The quantitative estimate of drug-likeness (QED) is 0.442. The molecule has 1 saturated carbocycles. The van der Waals surface area contributed by atoms with Crippen LogP contribution in [0.15, 0.2) is 12.2 Å². The van der Waals surface area contributed by atoms with Crippen molar-refractivity contribution in [1.29, 1.82) is 0 Å². The van der Waals surface area contributed by atoms with E-state index in [1.165, 1.54) is 0 Å². The van der Waals surface area contributed by atoms with Gasteiger partial charge in [-0.05, 0) is 25.2 Å². The van der Waals surface area contributed by atoms with Gasteiger partial charge in [0.1, 0.15) is 0 Å². The molecule has 0 atom stereocenters. The molecule has 20 heavy (non-hydrogen) atoms. The van der Waals surface area contributed by atoms with E-state index in [0.29, 0.717) is 26.3 Å². The number of carboxylic acid groups (broad SMARTS) is 1. The summed E-state index contributed by atoms with van der Waals surface area (Å²) in [6, 6.07) is -0.277. The number of carboxylic acids is 1. The maximum Gasteiger partial charge on any atom is 0.314 e. The molecule has 1 fully saturated rings. The molecule has 0 heterocycles. The highest BCUT2D eigenvalue weighted by molar-refractivity contribution is 5.74. The van der Waals surface area contributed by atoms with Gasteiger partial charge in [-0.2, -0.15) is 0 Å². The molecule has 0 spiro atoms. The van der Waals surface area contributed by atoms with Gasteiger partial charge in [0.25, 0.3) is 0 Å². The van der Waals surface area contributed by atoms with Gasteiger partial charge in [-0.15, -0.1) is 0 Å². The van der Waals surface area contributed by atoms with Crippen LogP contribution in [-0.4, -0.2) is 43.4 Å². The first-order chi connectivity index (χ1) is 9.43. The van der Waals surface area contributed by atoms with Gasteiger partial charge in [-0.1, -0.05) is 18.6 Å². The smallest absolute Gasteiger partial charge is 0.314 e. The van der Waals surface area contributed by atoms with Crippen LogP contribution in [0, 0.1) is 5.41 Å². The Morgan fingerprint density at radius 2 is 2.05 bits per heavy atom. The summed E-state index contributed by atoms with van der Waals surface area (Å²) in [7, 11) is 0. The number of urea groups is 1. The molecule has 0 unspecified atom stereocenters. The lowest BCUT2D eigenvalue weighted by Gasteiger charge is -2.40. The van der Waals surface area contributed by atoms with Crippen molar-refractivity contribution in [2.24, 2.45) is 5.41 Å². The minimum Gasteiger partial charge on any atom is -0.481 e. The second-order valence-electron chi connectivity index (χ2n) is 5.54. The summed E-state index contributed by atoms with van der Waals surface area (Å²) in [5, 5.41) is 14.3. The molecule has 0 bridgehead atoms. The first-order valence-corrected chi connectivity index (χ1v) is 6.89. The summed E-state index contributed by atoms with van der Waals surface area (Å²) in [6.45, 7) is 7.35. The highest BCUT2D eigenvalue weighted by atomic mass is 16.5. The summed E-state index contributed by atoms with van der Waals surface area (Å²) in [5.41, 5.74) is 0.689. The van der Waals surface area contributed by atoms with Gasteiger partial charge >= 0.3 is 12.0 Å². The molecule has 3 N–H and O–H groups in total. The van der Waals surface area contributed by atoms with Crippen molar-refractivity contribution < 1.29 is 19.4 Å². The Labute approximate surface area is 119 Å². The fourth-order valence-electron chi connectivity index (χ4n) is 2.23. The number of hydrogen-bond donors (Lipinski definition) is 3. The first kappa shape index (κ1) is 16.5. The highest BCUT2D eigenvalue weighted by Crippen LogP contribution is 2.43. The number of amides is 2. The van der Waals surface area contributed by atoms with Gasteiger partial charge in [0.05, 0.1) is 19.6 Å². The van der Waals surface area contributed by atoms with Crippen LogP contribution in [-0.2, 0) is 9.53 Å². The fraction of sp³-hybridized carbons (Fsp3) is 0.714. The molecule has 1 aliphatic rings. The zero-order valence-electron chi connectivity index (χ0n) is 12.0. The molecule has 1 aliphatic carbocycles. The molecule has 6 nitrogen and oxygen atoms in total. The average Bonchev–Trinajstić information content (AvgIpc) is 2.31. The third-order valence-corrected chi connectivity index (χ3v) is 3.44. The fourth-order valence-corrected chi connectivity index (χ4v) is 2.23. The third-order valence-electron chi connectivity index (χ3n) is 3.44. The molecule has 2 amide bonds. The van der Waals surface area contributed by atoms with Crippen molar-refractivity contribution in [2.45, 2.75) is 32.6 Å². The van der Waals surface area contributed by atoms with E-state index >= 15 is 0 Å². The van der Waals surface area contributed by atoms with Gasteiger partial charge in [0.15, 0.2) is 0 Å². The normalized spacial score (nSPS) is 16.1. The van der Waals surface area contributed by atoms with E-state index in [1.54, 1.807) is 0 Å². The largest absolute Gasteiger partial charge is 0.481 e. The van der Waals surface area contributed by atoms with Crippen LogP contribution in [0.2, 0.25) is 0 Å². The minimum absolute atomic E-state index is 0.120. The lowest BCUT2D eigenvalue weighted by atomic mass is 9.66. The van der Waals surface area contributed by atoms with E-state index < -0.39 is 5.97 Å². The van der Waals surface area contributed by atoms with E-state index in [2.05, 4.69) is 17.2 Å². The Balaban J connectivity index is 2.13. The Morgan fingerprint density at radius 1 is 1.35 bits per heavy atom. The molecule has 6 heteroatoms. The summed E-state index contributed by atoms with van der Waals surface area (Å²) in [5.74, 6) is -0.805. The molecule has 0 saturated heterocycles. The van der Waals surface area contributed by atoms with E-state index in [-0.39, 0.29) is 17.9 Å². The standard InChI is InChI=1S/C14H24N2O4/c1-11(2)9-20-7-6-15-13(19)16-10-14(4-3-5-14)8-12(17)18/h1,3-10H2,2H3,(H,17,18)(H2,15,16,19). The average molecular weight is 284 g/mol. The molecule has 114 valence electrons. The number of ether oxygens (including phenoxy) is 1. The first-order valence-electron chi connectivity index (χ1n) is 6.89. The lowest BCUT2D eigenvalue weighted by molar-refractivity contribution is -0.141. The van der Waals surface area contributed by atoms with Crippen LogP contribution < -0.4 is 10.6 Å². The van der Waals surface area contributed by atoms with Crippen LogP contribution in [0.5, 0.6) is 0 Å². The molecular formula is C14H24N2O4. The predicted molar refractivity (Wildman–Crippen MR) is 75.6 cm³/mol. The van der Waals surface area contributed by atoms with Crippen molar-refractivity contribution in [1.82, 2.24) is 10.6 Å². The monoisotopic (exact) mass is 284 g/mol. The lowest BCUT2D eigenvalue weighted by Crippen LogP contribution is -2.47. The SMILES string of the molecule is C=C(C)COCCNC(=O)NCC1(CC(=O)O)CCC1. The molecule has 0 radical (unpaired) electrons. The minimum atomic E-state index is -0.805. The van der Waals surface area contributed by atoms with Gasteiger partial charge in [-0.25, -0.2) is 4.79 Å². The van der Waals surface area contributed by atoms with E-state index in [4.69, 9.17) is 9.84 Å². The van der Waals surface area contributed by atoms with Crippen LogP contribution in [0.1, 0.15) is 32.6 Å². The van der Waals surface area contributed by atoms with Crippen molar-refractivity contribution in [3.8, 4) is 0 Å². The van der Waals surface area contributed by atoms with Gasteiger partial charge in [-0.3, -0.25) is 4.79 Å². The van der Waals surface area contributed by atoms with Crippen molar-refractivity contribution >= 4 is 12.0 Å². The summed E-state index contributed by atoms with van der Waals surface area (Å²) >= 11 is 0. The predicted octanol–water partition coefficient (Wildman–Crippen LogP) is 1.52. The molecule has 0 aromatic rings. The molecule has 1 rings (SSSR count). The number of aliphatic carboxylic acids is 1. The number of rotatable bonds is 9. The maximum absolute atomic E-state index is 11.6. The molecule has 0 aromatic carbocycles. The Hall–Kier alpha value is -1.56. The second kappa shape index (κ2) is 7.89. The second-order valence-corrected chi connectivity index (χ2v) is 5.54. The zero-order valence-corrected chi connectivity index (χ0v) is 12.0. The van der Waals surface area contributed by atoms with E-state index in [1.807, 2.05) is 6.92 Å². The highest BCUT2D eigenvalue weighted by Gasteiger charge is 2.39. The van der Waals surface area contributed by atoms with Gasteiger partial charge in [0, 0.05) is 13.1 Å². The molecular weight excluding hydrogens is 260 g/mol. The summed E-state index contributed by atoms with van der Waals surface area (Å²) in [6.07, 6.45) is 2.88. The van der Waals surface area contributed by atoms with Crippen LogP contribution in [0.25, 0.3) is 0 Å². The Kier molecular flexibility index (Phi) is 6.51. The van der Waals surface area contributed by atoms with Crippen molar-refractivity contribution in [3.63, 3.8) is 0 Å². The van der Waals surface area contributed by atoms with Crippen molar-refractivity contribution in [2.75, 3.05) is 26.3 Å². The number of carbonyl (C=O) groups excluding carboxylic acids is 1. The van der Waals surface area contributed by atoms with Gasteiger partial charge < -0.3 is 20.5 Å². The van der Waals surface area contributed by atoms with Crippen LogP contribution in [0.3, 0.4) is 0 Å². The molecule has 0 aromatic heterocycles. The number of carbonyl (C=O) groups is 2. The number of nitrogens with one attached hydrogen (secondary N) is 2.